The fourth-order valence-electron chi connectivity index (χ4n) is 5.46. The predicted molar refractivity (Wildman–Crippen MR) is 172 cm³/mol. The van der Waals surface area contributed by atoms with Crippen LogP contribution in [-0.2, 0) is 0 Å². The largest absolute Gasteiger partial charge is 0.435 e. The first-order valence-electron chi connectivity index (χ1n) is 14.2. The monoisotopic (exact) mass is 552 g/mol. The molecule has 8 rings (SSSR count). The van der Waals surface area contributed by atoms with Crippen molar-refractivity contribution in [1.29, 1.82) is 0 Å². The lowest BCUT2D eigenvalue weighted by Crippen LogP contribution is -2.00. The molecule has 2 aromatic heterocycles. The van der Waals surface area contributed by atoms with E-state index in [0.29, 0.717) is 28.9 Å². The molecule has 0 fully saturated rings. The highest BCUT2D eigenvalue weighted by atomic mass is 16.3. The van der Waals surface area contributed by atoms with Gasteiger partial charge in [-0.1, -0.05) is 121 Å². The molecule has 5 heteroatoms. The normalized spacial score (nSPS) is 11.3. The number of fused-ring (bicyclic) bond motifs is 3. The van der Waals surface area contributed by atoms with Gasteiger partial charge in [0, 0.05) is 27.6 Å². The van der Waals surface area contributed by atoms with Crippen molar-refractivity contribution < 1.29 is 4.42 Å². The van der Waals surface area contributed by atoms with Gasteiger partial charge in [-0.05, 0) is 40.8 Å². The van der Waals surface area contributed by atoms with Crippen LogP contribution in [0.25, 0.3) is 78.6 Å². The summed E-state index contributed by atoms with van der Waals surface area (Å²) in [5, 5.41) is 1.94. The predicted octanol–water partition coefficient (Wildman–Crippen LogP) is 9.50. The maximum absolute atomic E-state index is 6.44. The van der Waals surface area contributed by atoms with Gasteiger partial charge >= 0.3 is 0 Å². The first-order chi connectivity index (χ1) is 21.3. The summed E-state index contributed by atoms with van der Waals surface area (Å²) >= 11 is 0. The Bertz CT molecular complexity index is 2230. The molecule has 0 saturated heterocycles. The number of nitrogens with zero attached hydrogens (tertiary/aromatic N) is 4. The Hall–Kier alpha value is -5.94. The van der Waals surface area contributed by atoms with Gasteiger partial charge in [0.1, 0.15) is 5.52 Å². The minimum absolute atomic E-state index is 0.574. The SMILES string of the molecule is c1ccc(-c2cccc(-c3nc(-c4ccccc4)nc(-c4cccc5ccc6nc(-c7ccccc7)oc6c45)n3)c2)cc1. The number of aromatic nitrogens is 4. The van der Waals surface area contributed by atoms with Crippen LogP contribution in [0.4, 0.5) is 0 Å². The van der Waals surface area contributed by atoms with Crippen LogP contribution in [0.15, 0.2) is 150 Å². The van der Waals surface area contributed by atoms with Gasteiger partial charge in [-0.2, -0.15) is 0 Å². The van der Waals surface area contributed by atoms with E-state index in [2.05, 4.69) is 36.4 Å². The summed E-state index contributed by atoms with van der Waals surface area (Å²) in [6.07, 6.45) is 0. The molecule has 5 nitrogen and oxygen atoms in total. The van der Waals surface area contributed by atoms with Crippen LogP contribution in [0.5, 0.6) is 0 Å². The quantitative estimate of drug-likeness (QED) is 0.213. The summed E-state index contributed by atoms with van der Waals surface area (Å²) in [6.45, 7) is 0. The molecular formula is C38H24N4O. The second kappa shape index (κ2) is 10.5. The van der Waals surface area contributed by atoms with Crippen LogP contribution in [0.3, 0.4) is 0 Å². The summed E-state index contributed by atoms with van der Waals surface area (Å²) in [7, 11) is 0. The zero-order chi connectivity index (χ0) is 28.6. The van der Waals surface area contributed by atoms with Crippen molar-refractivity contribution >= 4 is 21.9 Å². The lowest BCUT2D eigenvalue weighted by molar-refractivity contribution is 0.623. The average Bonchev–Trinajstić information content (AvgIpc) is 3.54. The van der Waals surface area contributed by atoms with E-state index in [0.717, 1.165) is 49.7 Å². The maximum atomic E-state index is 6.44. The molecule has 0 aliphatic heterocycles. The van der Waals surface area contributed by atoms with E-state index in [-0.39, 0.29) is 0 Å². The van der Waals surface area contributed by atoms with Gasteiger partial charge in [-0.15, -0.1) is 0 Å². The number of benzene rings is 6. The first-order valence-corrected chi connectivity index (χ1v) is 14.2. The van der Waals surface area contributed by atoms with Crippen molar-refractivity contribution in [1.82, 2.24) is 19.9 Å². The zero-order valence-corrected chi connectivity index (χ0v) is 23.1. The fraction of sp³-hybridized carbons (Fsp3) is 0. The molecule has 0 spiro atoms. The minimum Gasteiger partial charge on any atom is -0.435 e. The topological polar surface area (TPSA) is 64.7 Å². The molecule has 0 amide bonds. The summed E-state index contributed by atoms with van der Waals surface area (Å²) in [5.74, 6) is 2.37. The highest BCUT2D eigenvalue weighted by Gasteiger charge is 2.18. The Morgan fingerprint density at radius 1 is 0.395 bits per heavy atom. The number of hydrogen-bond donors (Lipinski definition) is 0. The molecule has 43 heavy (non-hydrogen) atoms. The standard InChI is InChI=1S/C38H24N4O/c1-4-12-25(13-5-1)29-19-10-20-30(24-29)36-40-35(27-14-6-2-7-15-27)41-37(42-36)31-21-11-18-26-22-23-32-34(33(26)31)43-38(39-32)28-16-8-3-9-17-28/h1-24H. The molecule has 0 aliphatic rings. The van der Waals surface area contributed by atoms with Crippen LogP contribution in [0.2, 0.25) is 0 Å². The van der Waals surface area contributed by atoms with Gasteiger partial charge < -0.3 is 4.42 Å². The fourth-order valence-corrected chi connectivity index (χ4v) is 5.46. The molecule has 0 unspecified atom stereocenters. The van der Waals surface area contributed by atoms with Gasteiger partial charge in [-0.3, -0.25) is 0 Å². The molecule has 0 saturated carbocycles. The zero-order valence-electron chi connectivity index (χ0n) is 23.1. The molecule has 0 N–H and O–H groups in total. The van der Waals surface area contributed by atoms with Crippen molar-refractivity contribution in [3.8, 4) is 56.7 Å². The van der Waals surface area contributed by atoms with Crippen molar-refractivity contribution in [2.45, 2.75) is 0 Å². The molecule has 0 aliphatic carbocycles. The molecule has 0 atom stereocenters. The van der Waals surface area contributed by atoms with E-state index in [9.17, 15) is 0 Å². The first kappa shape index (κ1) is 24.8. The van der Waals surface area contributed by atoms with Gasteiger partial charge in [0.15, 0.2) is 23.1 Å². The van der Waals surface area contributed by atoms with E-state index in [1.54, 1.807) is 0 Å². The van der Waals surface area contributed by atoms with Gasteiger partial charge in [0.2, 0.25) is 5.89 Å². The van der Waals surface area contributed by atoms with Crippen LogP contribution in [-0.4, -0.2) is 19.9 Å². The minimum atomic E-state index is 0.574. The number of oxazole rings is 1. The van der Waals surface area contributed by atoms with E-state index in [4.69, 9.17) is 24.4 Å². The number of rotatable bonds is 5. The molecule has 6 aromatic carbocycles. The van der Waals surface area contributed by atoms with Crippen molar-refractivity contribution in [2.75, 3.05) is 0 Å². The lowest BCUT2D eigenvalue weighted by Gasteiger charge is -2.11. The van der Waals surface area contributed by atoms with Crippen LogP contribution < -0.4 is 0 Å². The van der Waals surface area contributed by atoms with Crippen molar-refractivity contribution in [3.05, 3.63) is 146 Å². The molecule has 0 radical (unpaired) electrons. The van der Waals surface area contributed by atoms with Gasteiger partial charge in [0.05, 0.1) is 0 Å². The highest BCUT2D eigenvalue weighted by Crippen LogP contribution is 2.36. The van der Waals surface area contributed by atoms with Gasteiger partial charge in [-0.25, -0.2) is 19.9 Å². The van der Waals surface area contributed by atoms with Gasteiger partial charge in [0.25, 0.3) is 0 Å². The summed E-state index contributed by atoms with van der Waals surface area (Å²) < 4.78 is 6.44. The van der Waals surface area contributed by atoms with E-state index < -0.39 is 0 Å². The van der Waals surface area contributed by atoms with Crippen molar-refractivity contribution in [2.24, 2.45) is 0 Å². The molecule has 0 bridgehead atoms. The van der Waals surface area contributed by atoms with Crippen LogP contribution in [0, 0.1) is 0 Å². The van der Waals surface area contributed by atoms with Crippen LogP contribution in [0.1, 0.15) is 0 Å². The summed E-state index contributed by atoms with van der Waals surface area (Å²) in [5.41, 5.74) is 7.35. The Morgan fingerprint density at radius 3 is 1.72 bits per heavy atom. The Morgan fingerprint density at radius 2 is 0.977 bits per heavy atom. The summed E-state index contributed by atoms with van der Waals surface area (Å²) in [6, 6.07) is 48.9. The second-order valence-corrected chi connectivity index (χ2v) is 10.3. The summed E-state index contributed by atoms with van der Waals surface area (Å²) in [4.78, 5) is 19.9. The Labute approximate surface area is 248 Å². The smallest absolute Gasteiger partial charge is 0.227 e. The van der Waals surface area contributed by atoms with E-state index >= 15 is 0 Å². The van der Waals surface area contributed by atoms with E-state index in [1.807, 2.05) is 109 Å². The Kier molecular flexibility index (Phi) is 6.05. The molecule has 8 aromatic rings. The van der Waals surface area contributed by atoms with Crippen LogP contribution >= 0.6 is 0 Å². The second-order valence-electron chi connectivity index (χ2n) is 10.3. The van der Waals surface area contributed by atoms with Crippen molar-refractivity contribution in [3.63, 3.8) is 0 Å². The lowest BCUT2D eigenvalue weighted by atomic mass is 10.0. The molecule has 2 heterocycles. The molecular weight excluding hydrogens is 528 g/mol. The third-order valence-corrected chi connectivity index (χ3v) is 7.55. The highest BCUT2D eigenvalue weighted by molar-refractivity contribution is 6.10. The number of hydrogen-bond acceptors (Lipinski definition) is 5. The third kappa shape index (κ3) is 4.63. The third-order valence-electron chi connectivity index (χ3n) is 7.55. The van der Waals surface area contributed by atoms with E-state index in [1.165, 1.54) is 0 Å². The maximum Gasteiger partial charge on any atom is 0.227 e. The molecule has 202 valence electrons. The average molecular weight is 553 g/mol. The Balaban J connectivity index is 1.35.